The lowest BCUT2D eigenvalue weighted by Gasteiger charge is -2.48. The van der Waals surface area contributed by atoms with E-state index in [-0.39, 0.29) is 5.54 Å². The van der Waals surface area contributed by atoms with E-state index in [1.807, 2.05) is 0 Å². The predicted octanol–water partition coefficient (Wildman–Crippen LogP) is 2.00. The normalized spacial score (nSPS) is 41.1. The molecule has 17 heavy (non-hydrogen) atoms. The van der Waals surface area contributed by atoms with Crippen LogP contribution in [0.3, 0.4) is 0 Å². The van der Waals surface area contributed by atoms with Crippen molar-refractivity contribution in [3.8, 4) is 0 Å². The highest BCUT2D eigenvalue weighted by Gasteiger charge is 2.39. The molecule has 1 aliphatic carbocycles. The van der Waals surface area contributed by atoms with Gasteiger partial charge in [0.1, 0.15) is 0 Å². The number of nitrogens with two attached hydrogens (primary N) is 1. The van der Waals surface area contributed by atoms with E-state index in [2.05, 4.69) is 18.7 Å². The third-order valence-electron chi connectivity index (χ3n) is 4.57. The Hall–Kier alpha value is -0.120. The van der Waals surface area contributed by atoms with Crippen LogP contribution in [0.15, 0.2) is 0 Å². The number of hydrogen-bond donors (Lipinski definition) is 1. The monoisotopic (exact) mass is 240 g/mol. The fourth-order valence-electron chi connectivity index (χ4n) is 3.66. The molecule has 0 radical (unpaired) electrons. The minimum Gasteiger partial charge on any atom is -0.377 e. The number of ether oxygens (including phenoxy) is 1. The summed E-state index contributed by atoms with van der Waals surface area (Å²) in [6.07, 6.45) is 6.78. The van der Waals surface area contributed by atoms with Crippen molar-refractivity contribution in [1.82, 2.24) is 4.90 Å². The van der Waals surface area contributed by atoms with Crippen molar-refractivity contribution in [2.45, 2.75) is 57.6 Å². The molecule has 0 aromatic heterocycles. The molecule has 3 unspecified atom stereocenters. The molecule has 0 amide bonds. The van der Waals surface area contributed by atoms with Crippen LogP contribution in [0.2, 0.25) is 0 Å². The zero-order chi connectivity index (χ0) is 12.3. The van der Waals surface area contributed by atoms with Gasteiger partial charge in [-0.1, -0.05) is 19.8 Å². The predicted molar refractivity (Wildman–Crippen MR) is 71.0 cm³/mol. The molecule has 1 saturated heterocycles. The molecular weight excluding hydrogens is 212 g/mol. The van der Waals surface area contributed by atoms with Gasteiger partial charge in [0.25, 0.3) is 0 Å². The van der Waals surface area contributed by atoms with Gasteiger partial charge >= 0.3 is 0 Å². The van der Waals surface area contributed by atoms with Gasteiger partial charge in [-0.2, -0.15) is 0 Å². The minimum atomic E-state index is 0.264. The average molecular weight is 240 g/mol. The van der Waals surface area contributed by atoms with Crippen LogP contribution in [0.25, 0.3) is 0 Å². The Kier molecular flexibility index (Phi) is 4.45. The lowest BCUT2D eigenvalue weighted by atomic mass is 9.75. The molecule has 2 aliphatic rings. The van der Waals surface area contributed by atoms with E-state index >= 15 is 0 Å². The van der Waals surface area contributed by atoms with Gasteiger partial charge in [-0.3, -0.25) is 4.90 Å². The highest BCUT2D eigenvalue weighted by molar-refractivity contribution is 4.96. The van der Waals surface area contributed by atoms with Crippen LogP contribution in [-0.2, 0) is 4.74 Å². The van der Waals surface area contributed by atoms with Crippen molar-refractivity contribution in [2.75, 3.05) is 26.2 Å². The Labute approximate surface area is 106 Å². The van der Waals surface area contributed by atoms with Crippen molar-refractivity contribution in [1.29, 1.82) is 0 Å². The smallest absolute Gasteiger partial charge is 0.0674 e. The number of nitrogens with zero attached hydrogens (tertiary/aromatic N) is 1. The SMILES string of the molecule is CC1CCCC(CN)(N2CCCOC(C)C2)C1. The molecule has 0 bridgehead atoms. The van der Waals surface area contributed by atoms with Crippen LogP contribution in [-0.4, -0.2) is 42.8 Å². The second-order valence-electron chi connectivity index (χ2n) is 6.11. The molecule has 0 spiro atoms. The van der Waals surface area contributed by atoms with Crippen molar-refractivity contribution in [2.24, 2.45) is 11.7 Å². The van der Waals surface area contributed by atoms with E-state index in [9.17, 15) is 0 Å². The topological polar surface area (TPSA) is 38.5 Å². The first-order valence-corrected chi connectivity index (χ1v) is 7.23. The molecular formula is C14H28N2O. The van der Waals surface area contributed by atoms with Gasteiger partial charge in [0.15, 0.2) is 0 Å². The first-order chi connectivity index (χ1) is 8.16. The van der Waals surface area contributed by atoms with Gasteiger partial charge in [0, 0.05) is 31.8 Å². The lowest BCUT2D eigenvalue weighted by molar-refractivity contribution is 0.0116. The highest BCUT2D eigenvalue weighted by Crippen LogP contribution is 2.37. The molecule has 0 aromatic rings. The first-order valence-electron chi connectivity index (χ1n) is 7.23. The van der Waals surface area contributed by atoms with Gasteiger partial charge in [0.05, 0.1) is 6.10 Å². The van der Waals surface area contributed by atoms with Crippen LogP contribution < -0.4 is 5.73 Å². The summed E-state index contributed by atoms with van der Waals surface area (Å²) >= 11 is 0. The molecule has 3 atom stereocenters. The molecule has 2 fully saturated rings. The Morgan fingerprint density at radius 2 is 2.18 bits per heavy atom. The van der Waals surface area contributed by atoms with Crippen LogP contribution in [0.4, 0.5) is 0 Å². The maximum atomic E-state index is 6.15. The van der Waals surface area contributed by atoms with E-state index in [1.54, 1.807) is 0 Å². The molecule has 1 saturated carbocycles. The van der Waals surface area contributed by atoms with E-state index in [1.165, 1.54) is 25.7 Å². The number of rotatable bonds is 2. The van der Waals surface area contributed by atoms with Gasteiger partial charge < -0.3 is 10.5 Å². The highest BCUT2D eigenvalue weighted by atomic mass is 16.5. The van der Waals surface area contributed by atoms with Crippen molar-refractivity contribution in [3.63, 3.8) is 0 Å². The van der Waals surface area contributed by atoms with E-state index < -0.39 is 0 Å². The van der Waals surface area contributed by atoms with E-state index in [0.717, 1.165) is 38.6 Å². The van der Waals surface area contributed by atoms with Crippen LogP contribution in [0.5, 0.6) is 0 Å². The zero-order valence-electron chi connectivity index (χ0n) is 11.5. The summed E-state index contributed by atoms with van der Waals surface area (Å²) < 4.78 is 5.76. The molecule has 100 valence electrons. The van der Waals surface area contributed by atoms with E-state index in [4.69, 9.17) is 10.5 Å². The Morgan fingerprint density at radius 3 is 2.88 bits per heavy atom. The summed E-state index contributed by atoms with van der Waals surface area (Å²) in [6.45, 7) is 8.51. The Bertz CT molecular complexity index is 246. The fraction of sp³-hybridized carbons (Fsp3) is 1.00. The summed E-state index contributed by atoms with van der Waals surface area (Å²) in [5.74, 6) is 0.826. The van der Waals surface area contributed by atoms with Crippen LogP contribution >= 0.6 is 0 Å². The van der Waals surface area contributed by atoms with Crippen LogP contribution in [0.1, 0.15) is 46.0 Å². The summed E-state index contributed by atoms with van der Waals surface area (Å²) in [7, 11) is 0. The van der Waals surface area contributed by atoms with Gasteiger partial charge in [-0.25, -0.2) is 0 Å². The van der Waals surface area contributed by atoms with Crippen LogP contribution in [0, 0.1) is 5.92 Å². The molecule has 3 heteroatoms. The molecule has 3 nitrogen and oxygen atoms in total. The quantitative estimate of drug-likeness (QED) is 0.802. The third kappa shape index (κ3) is 3.01. The maximum absolute atomic E-state index is 6.15. The largest absolute Gasteiger partial charge is 0.377 e. The van der Waals surface area contributed by atoms with Gasteiger partial charge in [0.2, 0.25) is 0 Å². The molecule has 0 aromatic carbocycles. The lowest BCUT2D eigenvalue weighted by Crippen LogP contribution is -2.57. The summed E-state index contributed by atoms with van der Waals surface area (Å²) in [4.78, 5) is 2.64. The number of hydrogen-bond acceptors (Lipinski definition) is 3. The standard InChI is InChI=1S/C14H28N2O/c1-12-5-3-6-14(9-12,11-15)16-7-4-8-17-13(2)10-16/h12-13H,3-11,15H2,1-2H3. The first kappa shape index (κ1) is 13.3. The second kappa shape index (κ2) is 5.68. The minimum absolute atomic E-state index is 0.264. The van der Waals surface area contributed by atoms with Gasteiger partial charge in [-0.05, 0) is 32.1 Å². The fourth-order valence-corrected chi connectivity index (χ4v) is 3.66. The third-order valence-corrected chi connectivity index (χ3v) is 4.57. The zero-order valence-corrected chi connectivity index (χ0v) is 11.5. The van der Waals surface area contributed by atoms with Crippen molar-refractivity contribution in [3.05, 3.63) is 0 Å². The summed E-state index contributed by atoms with van der Waals surface area (Å²) in [5.41, 5.74) is 6.41. The average Bonchev–Trinajstić information content (AvgIpc) is 2.54. The Balaban J connectivity index is 2.09. The van der Waals surface area contributed by atoms with Crippen molar-refractivity contribution < 1.29 is 4.74 Å². The van der Waals surface area contributed by atoms with Crippen molar-refractivity contribution >= 4 is 0 Å². The summed E-state index contributed by atoms with van der Waals surface area (Å²) in [5, 5.41) is 0. The maximum Gasteiger partial charge on any atom is 0.0674 e. The van der Waals surface area contributed by atoms with E-state index in [0.29, 0.717) is 6.10 Å². The molecule has 1 heterocycles. The summed E-state index contributed by atoms with van der Waals surface area (Å²) in [6, 6.07) is 0. The molecule has 2 N–H and O–H groups in total. The Morgan fingerprint density at radius 1 is 1.35 bits per heavy atom. The molecule has 2 rings (SSSR count). The van der Waals surface area contributed by atoms with Gasteiger partial charge in [-0.15, -0.1) is 0 Å². The molecule has 1 aliphatic heterocycles. The second-order valence-corrected chi connectivity index (χ2v) is 6.11.